The summed E-state index contributed by atoms with van der Waals surface area (Å²) < 4.78 is 53.6. The van der Waals surface area contributed by atoms with Crippen LogP contribution in [0, 0.1) is 0 Å². The van der Waals surface area contributed by atoms with E-state index in [1.165, 1.54) is 18.9 Å². The first-order chi connectivity index (χ1) is 12.1. The summed E-state index contributed by atoms with van der Waals surface area (Å²) in [6.07, 6.45) is 3.97. The van der Waals surface area contributed by atoms with Gasteiger partial charge in [-0.05, 0) is 12.5 Å². The van der Waals surface area contributed by atoms with Gasteiger partial charge in [-0.25, -0.2) is 8.42 Å². The second-order valence-corrected chi connectivity index (χ2v) is 13.2. The Kier molecular flexibility index (Phi) is 13.4. The SMILES string of the molecule is C1CC[SiH2]OC1.CO[Si](CCC[N+](C)(C)CCCS(=O)(=O)[O-])(OC)OC. The van der Waals surface area contributed by atoms with Crippen LogP contribution in [0.5, 0.6) is 0 Å². The van der Waals surface area contributed by atoms with Crippen LogP contribution in [0.3, 0.4) is 0 Å². The molecule has 1 aliphatic heterocycles. The maximum atomic E-state index is 10.6. The van der Waals surface area contributed by atoms with Gasteiger partial charge in [-0.2, -0.15) is 0 Å². The molecule has 0 radical (unpaired) electrons. The third kappa shape index (κ3) is 13.3. The maximum absolute atomic E-state index is 10.6. The van der Waals surface area contributed by atoms with Crippen molar-refractivity contribution in [2.75, 3.05) is 60.9 Å². The summed E-state index contributed by atoms with van der Waals surface area (Å²) in [5.41, 5.74) is 0. The quantitative estimate of drug-likeness (QED) is 0.268. The van der Waals surface area contributed by atoms with E-state index in [0.717, 1.165) is 19.6 Å². The largest absolute Gasteiger partial charge is 0.748 e. The maximum Gasteiger partial charge on any atom is 0.500 e. The minimum Gasteiger partial charge on any atom is -0.748 e. The molecule has 1 heterocycles. The third-order valence-electron chi connectivity index (χ3n) is 4.41. The molecule has 0 aromatic carbocycles. The molecule has 1 fully saturated rings. The van der Waals surface area contributed by atoms with Crippen LogP contribution in [0.25, 0.3) is 0 Å². The Hall–Kier alpha value is 0.144. The number of hydrogen-bond donors (Lipinski definition) is 0. The molecule has 1 rings (SSSR count). The van der Waals surface area contributed by atoms with Crippen LogP contribution in [-0.2, 0) is 27.8 Å². The Morgan fingerprint density at radius 2 is 1.65 bits per heavy atom. The summed E-state index contributed by atoms with van der Waals surface area (Å²) in [5, 5.41) is 0. The summed E-state index contributed by atoms with van der Waals surface area (Å²) in [6.45, 7) is 2.54. The fourth-order valence-corrected chi connectivity index (χ4v) is 6.10. The molecule has 0 aliphatic carbocycles. The van der Waals surface area contributed by atoms with Crippen molar-refractivity contribution >= 4 is 28.7 Å². The van der Waals surface area contributed by atoms with Crippen molar-refractivity contribution < 1.29 is 35.2 Å². The molecule has 0 amide bonds. The molecule has 0 spiro atoms. The molecule has 11 heteroatoms. The van der Waals surface area contributed by atoms with Crippen molar-refractivity contribution in [3.05, 3.63) is 0 Å². The van der Waals surface area contributed by atoms with E-state index in [0.29, 0.717) is 23.5 Å². The van der Waals surface area contributed by atoms with Gasteiger partial charge in [0, 0.05) is 52.6 Å². The van der Waals surface area contributed by atoms with E-state index in [4.69, 9.17) is 17.7 Å². The van der Waals surface area contributed by atoms with Gasteiger partial charge in [-0.15, -0.1) is 0 Å². The van der Waals surface area contributed by atoms with Crippen molar-refractivity contribution in [1.82, 2.24) is 0 Å². The fourth-order valence-electron chi connectivity index (χ4n) is 2.75. The molecule has 0 aromatic heterocycles. The monoisotopic (exact) mass is 431 g/mol. The van der Waals surface area contributed by atoms with Crippen molar-refractivity contribution in [2.24, 2.45) is 0 Å². The molecule has 0 atom stereocenters. The molecule has 26 heavy (non-hydrogen) atoms. The van der Waals surface area contributed by atoms with Gasteiger partial charge in [0.05, 0.1) is 37.3 Å². The van der Waals surface area contributed by atoms with Gasteiger partial charge in [0.25, 0.3) is 0 Å². The minimum atomic E-state index is -4.12. The Bertz CT molecular complexity index is 435. The number of quaternary nitrogens is 1. The molecule has 158 valence electrons. The van der Waals surface area contributed by atoms with Gasteiger partial charge in [-0.1, -0.05) is 6.42 Å². The van der Waals surface area contributed by atoms with Crippen molar-refractivity contribution in [2.45, 2.75) is 37.8 Å². The lowest BCUT2D eigenvalue weighted by Crippen LogP contribution is -2.46. The first-order valence-electron chi connectivity index (χ1n) is 9.08. The predicted octanol–water partition coefficient (Wildman–Crippen LogP) is 0.565. The standard InChI is InChI=1S/C11H27NO6SSi.C4H10OSi/c1-12(2,8-6-10-19(13,14)15)9-7-11-20(16-3,17-4)18-5;1-2-4-6-5-3-1/h6-11H2,1-5H3;1-4,6H2. The second-order valence-electron chi connectivity index (χ2n) is 7.07. The number of hydrogen-bond acceptors (Lipinski definition) is 7. The van der Waals surface area contributed by atoms with Crippen LogP contribution in [-0.4, -0.2) is 96.9 Å². The summed E-state index contributed by atoms with van der Waals surface area (Å²) in [7, 11) is 2.12. The van der Waals surface area contributed by atoms with Crippen LogP contribution >= 0.6 is 0 Å². The zero-order valence-corrected chi connectivity index (χ0v) is 20.2. The molecule has 0 aromatic rings. The highest BCUT2D eigenvalue weighted by atomic mass is 32.2. The zero-order chi connectivity index (χ0) is 20.1. The van der Waals surface area contributed by atoms with Gasteiger partial charge in [0.1, 0.15) is 0 Å². The molecule has 0 bridgehead atoms. The van der Waals surface area contributed by atoms with Crippen molar-refractivity contribution in [1.29, 1.82) is 0 Å². The van der Waals surface area contributed by atoms with Gasteiger partial charge in [0.15, 0.2) is 9.76 Å². The van der Waals surface area contributed by atoms with Crippen molar-refractivity contribution in [3.8, 4) is 0 Å². The molecule has 0 saturated carbocycles. The summed E-state index contributed by atoms with van der Waals surface area (Å²) in [6, 6.07) is 2.12. The van der Waals surface area contributed by atoms with E-state index < -0.39 is 18.9 Å². The van der Waals surface area contributed by atoms with Crippen LogP contribution in [0.2, 0.25) is 12.1 Å². The van der Waals surface area contributed by atoms with Crippen molar-refractivity contribution in [3.63, 3.8) is 0 Å². The van der Waals surface area contributed by atoms with E-state index in [1.54, 1.807) is 21.3 Å². The van der Waals surface area contributed by atoms with Crippen LogP contribution in [0.15, 0.2) is 0 Å². The lowest BCUT2D eigenvalue weighted by Gasteiger charge is -2.31. The average Bonchev–Trinajstić information content (AvgIpc) is 2.60. The second kappa shape index (κ2) is 13.3. The smallest absolute Gasteiger partial charge is 0.500 e. The fraction of sp³-hybridized carbons (Fsp3) is 1.00. The van der Waals surface area contributed by atoms with Crippen LogP contribution in [0.4, 0.5) is 0 Å². The van der Waals surface area contributed by atoms with E-state index in [2.05, 4.69) is 0 Å². The Morgan fingerprint density at radius 3 is 2.00 bits per heavy atom. The molecule has 0 unspecified atom stereocenters. The highest BCUT2D eigenvalue weighted by molar-refractivity contribution is 7.85. The Balaban J connectivity index is 0.000000867. The molecular formula is C15H37NO7SSi2. The van der Waals surface area contributed by atoms with E-state index in [-0.39, 0.29) is 15.5 Å². The molecule has 8 nitrogen and oxygen atoms in total. The molecular weight excluding hydrogens is 394 g/mol. The highest BCUT2D eigenvalue weighted by Gasteiger charge is 2.37. The molecule has 0 N–H and O–H groups in total. The van der Waals surface area contributed by atoms with E-state index >= 15 is 0 Å². The van der Waals surface area contributed by atoms with Crippen LogP contribution < -0.4 is 0 Å². The van der Waals surface area contributed by atoms with E-state index in [1.807, 2.05) is 14.1 Å². The predicted molar refractivity (Wildman–Crippen MR) is 106 cm³/mol. The highest BCUT2D eigenvalue weighted by Crippen LogP contribution is 2.16. The van der Waals surface area contributed by atoms with Gasteiger partial charge in [-0.3, -0.25) is 0 Å². The lowest BCUT2D eigenvalue weighted by atomic mass is 10.3. The molecule has 1 saturated heterocycles. The van der Waals surface area contributed by atoms with Gasteiger partial charge < -0.3 is 26.7 Å². The minimum absolute atomic E-state index is 0.00849. The average molecular weight is 432 g/mol. The van der Waals surface area contributed by atoms with Gasteiger partial charge in [0.2, 0.25) is 0 Å². The summed E-state index contributed by atoms with van der Waals surface area (Å²) in [4.78, 5) is 0. The zero-order valence-electron chi connectivity index (χ0n) is 17.0. The Morgan fingerprint density at radius 1 is 1.08 bits per heavy atom. The Labute approximate surface area is 162 Å². The topological polar surface area (TPSA) is 94.1 Å². The normalized spacial score (nSPS) is 17.0. The summed E-state index contributed by atoms with van der Waals surface area (Å²) in [5.74, 6) is -0.304. The number of rotatable bonds is 11. The molecule has 1 aliphatic rings. The first-order valence-corrected chi connectivity index (χ1v) is 14.2. The number of nitrogens with zero attached hydrogens (tertiary/aromatic N) is 1. The first kappa shape index (κ1) is 26.1. The van der Waals surface area contributed by atoms with E-state index in [9.17, 15) is 13.0 Å². The third-order valence-corrected chi connectivity index (χ3v) is 9.40. The van der Waals surface area contributed by atoms with Crippen LogP contribution in [0.1, 0.15) is 25.7 Å². The van der Waals surface area contributed by atoms with Gasteiger partial charge >= 0.3 is 8.80 Å². The summed E-state index contributed by atoms with van der Waals surface area (Å²) >= 11 is 0. The lowest BCUT2D eigenvalue weighted by molar-refractivity contribution is -0.890.